The maximum atomic E-state index is 10.2. The standard InChI is InChI=1S/C18H29NO2/c1-14-8-7-11-18(15(14)2)21-13-17(20)12-19(3)16-9-5-4-6-10-16/h7-8,11,16-17,20H,4-6,9-10,12-13H2,1-3H3. The largest absolute Gasteiger partial charge is 0.491 e. The maximum Gasteiger partial charge on any atom is 0.122 e. The predicted molar refractivity (Wildman–Crippen MR) is 86.9 cm³/mol. The lowest BCUT2D eigenvalue weighted by Crippen LogP contribution is -2.40. The molecule has 0 aromatic heterocycles. The Morgan fingerprint density at radius 1 is 1.24 bits per heavy atom. The summed E-state index contributed by atoms with van der Waals surface area (Å²) in [5.74, 6) is 0.884. The first-order valence-corrected chi connectivity index (χ1v) is 8.15. The van der Waals surface area contributed by atoms with Crippen molar-refractivity contribution in [1.82, 2.24) is 4.90 Å². The molecule has 0 aliphatic heterocycles. The minimum atomic E-state index is -0.433. The van der Waals surface area contributed by atoms with Crippen molar-refractivity contribution in [1.29, 1.82) is 0 Å². The Bertz CT molecular complexity index is 441. The molecule has 0 spiro atoms. The van der Waals surface area contributed by atoms with E-state index in [1.54, 1.807) is 0 Å². The van der Waals surface area contributed by atoms with Crippen LogP contribution in [0.4, 0.5) is 0 Å². The highest BCUT2D eigenvalue weighted by Crippen LogP contribution is 2.22. The Balaban J connectivity index is 1.78. The Morgan fingerprint density at radius 2 is 1.95 bits per heavy atom. The molecule has 1 atom stereocenters. The molecule has 1 aromatic rings. The summed E-state index contributed by atoms with van der Waals surface area (Å²) in [6.45, 7) is 5.19. The van der Waals surface area contributed by atoms with E-state index in [9.17, 15) is 5.11 Å². The predicted octanol–water partition coefficient (Wildman–Crippen LogP) is 3.31. The van der Waals surface area contributed by atoms with Gasteiger partial charge in [0.25, 0.3) is 0 Å². The fourth-order valence-corrected chi connectivity index (χ4v) is 3.12. The van der Waals surface area contributed by atoms with Crippen LogP contribution in [0.1, 0.15) is 43.2 Å². The van der Waals surface area contributed by atoms with Crippen molar-refractivity contribution < 1.29 is 9.84 Å². The highest BCUT2D eigenvalue weighted by molar-refractivity contribution is 5.38. The van der Waals surface area contributed by atoms with Crippen LogP contribution in [-0.4, -0.2) is 42.4 Å². The van der Waals surface area contributed by atoms with Gasteiger partial charge in [-0.05, 0) is 50.9 Å². The van der Waals surface area contributed by atoms with Crippen molar-refractivity contribution in [2.45, 2.75) is 58.1 Å². The lowest BCUT2D eigenvalue weighted by molar-refractivity contribution is 0.0559. The zero-order valence-corrected chi connectivity index (χ0v) is 13.6. The molecule has 3 heteroatoms. The minimum absolute atomic E-state index is 0.362. The third-order valence-electron chi connectivity index (χ3n) is 4.68. The molecule has 0 bridgehead atoms. The summed E-state index contributed by atoms with van der Waals surface area (Å²) in [6.07, 6.45) is 6.11. The SMILES string of the molecule is Cc1cccc(OCC(O)CN(C)C2CCCCC2)c1C. The van der Waals surface area contributed by atoms with Gasteiger partial charge in [0.1, 0.15) is 18.5 Å². The van der Waals surface area contributed by atoms with Crippen LogP contribution in [0.5, 0.6) is 5.75 Å². The number of aliphatic hydroxyl groups excluding tert-OH is 1. The van der Waals surface area contributed by atoms with Gasteiger partial charge in [0, 0.05) is 12.6 Å². The summed E-state index contributed by atoms with van der Waals surface area (Å²) < 4.78 is 5.79. The molecule has 1 aliphatic carbocycles. The summed E-state index contributed by atoms with van der Waals surface area (Å²) >= 11 is 0. The van der Waals surface area contributed by atoms with E-state index in [4.69, 9.17) is 4.74 Å². The Kier molecular flexibility index (Phi) is 6.07. The first kappa shape index (κ1) is 16.3. The van der Waals surface area contributed by atoms with Crippen LogP contribution in [0.2, 0.25) is 0 Å². The van der Waals surface area contributed by atoms with E-state index in [2.05, 4.69) is 31.9 Å². The zero-order valence-electron chi connectivity index (χ0n) is 13.6. The Labute approximate surface area is 128 Å². The second-order valence-electron chi connectivity index (χ2n) is 6.39. The van der Waals surface area contributed by atoms with E-state index in [1.807, 2.05) is 12.1 Å². The van der Waals surface area contributed by atoms with Crippen LogP contribution in [0.3, 0.4) is 0 Å². The highest BCUT2D eigenvalue weighted by Gasteiger charge is 2.20. The van der Waals surface area contributed by atoms with Crippen molar-refractivity contribution in [3.63, 3.8) is 0 Å². The van der Waals surface area contributed by atoms with Crippen LogP contribution < -0.4 is 4.74 Å². The molecule has 1 N–H and O–H groups in total. The summed E-state index contributed by atoms with van der Waals surface area (Å²) in [4.78, 5) is 2.30. The second kappa shape index (κ2) is 7.81. The molecule has 0 saturated heterocycles. The number of hydrogen-bond acceptors (Lipinski definition) is 3. The number of ether oxygens (including phenoxy) is 1. The van der Waals surface area contributed by atoms with E-state index in [1.165, 1.54) is 37.7 Å². The van der Waals surface area contributed by atoms with Gasteiger partial charge in [-0.3, -0.25) is 0 Å². The quantitative estimate of drug-likeness (QED) is 0.873. The average Bonchev–Trinajstić information content (AvgIpc) is 2.49. The van der Waals surface area contributed by atoms with E-state index in [0.29, 0.717) is 19.2 Å². The first-order valence-electron chi connectivity index (χ1n) is 8.15. The molecule has 21 heavy (non-hydrogen) atoms. The Morgan fingerprint density at radius 3 is 2.67 bits per heavy atom. The van der Waals surface area contributed by atoms with E-state index in [-0.39, 0.29) is 0 Å². The lowest BCUT2D eigenvalue weighted by Gasteiger charge is -2.32. The normalized spacial score (nSPS) is 18.0. The summed E-state index contributed by atoms with van der Waals surface area (Å²) in [6, 6.07) is 6.68. The maximum absolute atomic E-state index is 10.2. The van der Waals surface area contributed by atoms with E-state index < -0.39 is 6.10 Å². The van der Waals surface area contributed by atoms with Crippen molar-refractivity contribution in [2.24, 2.45) is 0 Å². The van der Waals surface area contributed by atoms with Gasteiger partial charge in [-0.1, -0.05) is 31.4 Å². The summed E-state index contributed by atoms with van der Waals surface area (Å²) in [5.41, 5.74) is 2.38. The highest BCUT2D eigenvalue weighted by atomic mass is 16.5. The second-order valence-corrected chi connectivity index (χ2v) is 6.39. The minimum Gasteiger partial charge on any atom is -0.491 e. The van der Waals surface area contributed by atoms with Crippen molar-refractivity contribution in [2.75, 3.05) is 20.2 Å². The smallest absolute Gasteiger partial charge is 0.122 e. The number of aryl methyl sites for hydroxylation is 1. The molecule has 0 radical (unpaired) electrons. The number of aliphatic hydroxyl groups is 1. The van der Waals surface area contributed by atoms with Gasteiger partial charge in [0.05, 0.1) is 0 Å². The van der Waals surface area contributed by atoms with E-state index in [0.717, 1.165) is 11.3 Å². The van der Waals surface area contributed by atoms with Crippen LogP contribution in [0, 0.1) is 13.8 Å². The van der Waals surface area contributed by atoms with Gasteiger partial charge in [-0.15, -0.1) is 0 Å². The molecule has 1 aromatic carbocycles. The van der Waals surface area contributed by atoms with Gasteiger partial charge < -0.3 is 14.7 Å². The number of likely N-dealkylation sites (N-methyl/N-ethyl adjacent to an activating group) is 1. The Hall–Kier alpha value is -1.06. The van der Waals surface area contributed by atoms with Gasteiger partial charge >= 0.3 is 0 Å². The molecule has 1 unspecified atom stereocenters. The van der Waals surface area contributed by atoms with Crippen molar-refractivity contribution >= 4 is 0 Å². The number of nitrogens with zero attached hydrogens (tertiary/aromatic N) is 1. The molecule has 118 valence electrons. The van der Waals surface area contributed by atoms with Crippen molar-refractivity contribution in [3.05, 3.63) is 29.3 Å². The average molecular weight is 291 g/mol. The number of benzene rings is 1. The van der Waals surface area contributed by atoms with Crippen molar-refractivity contribution in [3.8, 4) is 5.75 Å². The zero-order chi connectivity index (χ0) is 15.2. The fraction of sp³-hybridized carbons (Fsp3) is 0.667. The summed E-state index contributed by atoms with van der Waals surface area (Å²) in [7, 11) is 2.12. The molecule has 1 saturated carbocycles. The van der Waals surface area contributed by atoms with Gasteiger partial charge in [-0.2, -0.15) is 0 Å². The molecular formula is C18H29NO2. The van der Waals surface area contributed by atoms with Crippen LogP contribution >= 0.6 is 0 Å². The van der Waals surface area contributed by atoms with Gasteiger partial charge in [0.2, 0.25) is 0 Å². The molecular weight excluding hydrogens is 262 g/mol. The van der Waals surface area contributed by atoms with Gasteiger partial charge in [0.15, 0.2) is 0 Å². The molecule has 3 nitrogen and oxygen atoms in total. The van der Waals surface area contributed by atoms with Crippen LogP contribution in [0.25, 0.3) is 0 Å². The monoisotopic (exact) mass is 291 g/mol. The van der Waals surface area contributed by atoms with E-state index >= 15 is 0 Å². The molecule has 2 rings (SSSR count). The lowest BCUT2D eigenvalue weighted by atomic mass is 9.94. The topological polar surface area (TPSA) is 32.7 Å². The third-order valence-corrected chi connectivity index (χ3v) is 4.68. The molecule has 1 fully saturated rings. The number of rotatable bonds is 6. The van der Waals surface area contributed by atoms with Crippen LogP contribution in [-0.2, 0) is 0 Å². The number of hydrogen-bond donors (Lipinski definition) is 1. The molecule has 0 amide bonds. The molecule has 1 aliphatic rings. The third kappa shape index (κ3) is 4.72. The molecule has 0 heterocycles. The summed E-state index contributed by atoms with van der Waals surface area (Å²) in [5, 5.41) is 10.2. The van der Waals surface area contributed by atoms with Gasteiger partial charge in [-0.25, -0.2) is 0 Å². The fourth-order valence-electron chi connectivity index (χ4n) is 3.12. The first-order chi connectivity index (χ1) is 10.1. The van der Waals surface area contributed by atoms with Crippen LogP contribution in [0.15, 0.2) is 18.2 Å².